The van der Waals surface area contributed by atoms with Crippen molar-refractivity contribution < 1.29 is 4.79 Å². The van der Waals surface area contributed by atoms with Gasteiger partial charge in [0.25, 0.3) is 5.91 Å². The van der Waals surface area contributed by atoms with Crippen LogP contribution in [0.3, 0.4) is 0 Å². The molecule has 114 valence electrons. The zero-order chi connectivity index (χ0) is 16.1. The maximum Gasteiger partial charge on any atom is 0.272 e. The van der Waals surface area contributed by atoms with Crippen LogP contribution in [0.4, 0.5) is 0 Å². The molecule has 0 saturated heterocycles. The van der Waals surface area contributed by atoms with Crippen molar-refractivity contribution in [2.24, 2.45) is 5.10 Å². The van der Waals surface area contributed by atoms with Gasteiger partial charge in [-0.3, -0.25) is 9.78 Å². The fourth-order valence-electron chi connectivity index (χ4n) is 1.91. The van der Waals surface area contributed by atoms with Crippen LogP contribution in [-0.4, -0.2) is 36.8 Å². The molecule has 0 aliphatic carbocycles. The topological polar surface area (TPSA) is 98.0 Å². The summed E-state index contributed by atoms with van der Waals surface area (Å²) >= 11 is 0. The van der Waals surface area contributed by atoms with Crippen LogP contribution >= 0.6 is 0 Å². The number of tetrazole rings is 1. The SMILES string of the molecule is C/C(=N/NC(=O)c1cccnc1)c1cccc(-n2cnnn2)c1. The molecule has 0 unspecified atom stereocenters. The first-order valence-corrected chi connectivity index (χ1v) is 6.82. The molecule has 1 N–H and O–H groups in total. The third kappa shape index (κ3) is 3.43. The van der Waals surface area contributed by atoms with E-state index in [1.807, 2.05) is 31.2 Å². The van der Waals surface area contributed by atoms with E-state index in [1.165, 1.54) is 12.5 Å². The number of hydrogen-bond acceptors (Lipinski definition) is 6. The van der Waals surface area contributed by atoms with Gasteiger partial charge in [-0.1, -0.05) is 12.1 Å². The molecule has 0 aliphatic rings. The Labute approximate surface area is 131 Å². The number of nitrogens with zero attached hydrogens (tertiary/aromatic N) is 6. The third-order valence-electron chi connectivity index (χ3n) is 3.13. The van der Waals surface area contributed by atoms with Gasteiger partial charge in [-0.25, -0.2) is 10.1 Å². The fraction of sp³-hybridized carbons (Fsp3) is 0.0667. The normalized spacial score (nSPS) is 11.3. The summed E-state index contributed by atoms with van der Waals surface area (Å²) in [6.07, 6.45) is 4.60. The van der Waals surface area contributed by atoms with Gasteiger partial charge in [-0.15, -0.1) is 5.10 Å². The fourth-order valence-corrected chi connectivity index (χ4v) is 1.91. The van der Waals surface area contributed by atoms with Crippen LogP contribution < -0.4 is 5.43 Å². The minimum Gasteiger partial charge on any atom is -0.267 e. The van der Waals surface area contributed by atoms with E-state index in [2.05, 4.69) is 31.0 Å². The molecule has 0 atom stereocenters. The van der Waals surface area contributed by atoms with Crippen LogP contribution in [0.1, 0.15) is 22.8 Å². The summed E-state index contributed by atoms with van der Waals surface area (Å²) in [7, 11) is 0. The van der Waals surface area contributed by atoms with Crippen LogP contribution in [0.15, 0.2) is 60.2 Å². The third-order valence-corrected chi connectivity index (χ3v) is 3.13. The van der Waals surface area contributed by atoms with Crippen LogP contribution in [0.25, 0.3) is 5.69 Å². The first-order valence-electron chi connectivity index (χ1n) is 6.82. The van der Waals surface area contributed by atoms with Crippen molar-refractivity contribution >= 4 is 11.6 Å². The van der Waals surface area contributed by atoms with E-state index < -0.39 is 0 Å². The summed E-state index contributed by atoms with van der Waals surface area (Å²) in [6, 6.07) is 10.9. The number of hydrogen-bond donors (Lipinski definition) is 1. The Morgan fingerprint density at radius 2 is 2.09 bits per heavy atom. The lowest BCUT2D eigenvalue weighted by Gasteiger charge is -2.05. The highest BCUT2D eigenvalue weighted by atomic mass is 16.2. The highest BCUT2D eigenvalue weighted by molar-refractivity contribution is 6.01. The first kappa shape index (κ1) is 14.5. The molecule has 3 aromatic rings. The van der Waals surface area contributed by atoms with Crippen molar-refractivity contribution in [1.82, 2.24) is 30.6 Å². The van der Waals surface area contributed by atoms with Crippen molar-refractivity contribution in [2.45, 2.75) is 6.92 Å². The standard InChI is InChI=1S/C15H13N7O/c1-11(18-19-15(23)13-5-3-7-16-9-13)12-4-2-6-14(8-12)22-10-17-20-21-22/h2-10H,1H3,(H,19,23)/b18-11-. The van der Waals surface area contributed by atoms with Gasteiger partial charge in [-0.05, 0) is 47.2 Å². The molecule has 1 amide bonds. The number of amides is 1. The summed E-state index contributed by atoms with van der Waals surface area (Å²) < 4.78 is 1.55. The maximum atomic E-state index is 11.9. The lowest BCUT2D eigenvalue weighted by Crippen LogP contribution is -2.19. The van der Waals surface area contributed by atoms with Crippen molar-refractivity contribution in [3.8, 4) is 5.69 Å². The number of rotatable bonds is 4. The average Bonchev–Trinajstić information content (AvgIpc) is 3.15. The lowest BCUT2D eigenvalue weighted by atomic mass is 10.1. The summed E-state index contributed by atoms with van der Waals surface area (Å²) in [6.45, 7) is 1.81. The number of benzene rings is 1. The molecule has 0 radical (unpaired) electrons. The number of nitrogens with one attached hydrogen (secondary N) is 1. The van der Waals surface area contributed by atoms with Crippen LogP contribution in [0.5, 0.6) is 0 Å². The molecule has 0 aliphatic heterocycles. The van der Waals surface area contributed by atoms with Crippen molar-refractivity contribution in [2.75, 3.05) is 0 Å². The van der Waals surface area contributed by atoms with Gasteiger partial charge >= 0.3 is 0 Å². The Hall–Kier alpha value is -3.42. The van der Waals surface area contributed by atoms with Gasteiger partial charge in [0, 0.05) is 12.4 Å². The van der Waals surface area contributed by atoms with E-state index in [0.29, 0.717) is 11.3 Å². The van der Waals surface area contributed by atoms with E-state index in [-0.39, 0.29) is 5.91 Å². The van der Waals surface area contributed by atoms with Gasteiger partial charge in [-0.2, -0.15) is 5.10 Å². The van der Waals surface area contributed by atoms with Gasteiger partial charge in [0.05, 0.1) is 17.0 Å². The number of carbonyl (C=O) groups excluding carboxylic acids is 1. The molecule has 1 aromatic carbocycles. The van der Waals surface area contributed by atoms with E-state index >= 15 is 0 Å². The van der Waals surface area contributed by atoms with E-state index in [4.69, 9.17) is 0 Å². The Kier molecular flexibility index (Phi) is 4.14. The Balaban J connectivity index is 1.76. The van der Waals surface area contributed by atoms with Crippen molar-refractivity contribution in [3.63, 3.8) is 0 Å². The van der Waals surface area contributed by atoms with Gasteiger partial charge in [0.15, 0.2) is 0 Å². The minimum atomic E-state index is -0.311. The number of hydrazone groups is 1. The first-order chi connectivity index (χ1) is 11.2. The average molecular weight is 307 g/mol. The van der Waals surface area contributed by atoms with Gasteiger partial charge < -0.3 is 0 Å². The predicted octanol–water partition coefficient (Wildman–Crippen LogP) is 1.21. The molecular weight excluding hydrogens is 294 g/mol. The largest absolute Gasteiger partial charge is 0.272 e. The summed E-state index contributed by atoms with van der Waals surface area (Å²) in [5.74, 6) is -0.311. The maximum absolute atomic E-state index is 11.9. The second kappa shape index (κ2) is 6.56. The van der Waals surface area contributed by atoms with Crippen LogP contribution in [-0.2, 0) is 0 Å². The van der Waals surface area contributed by atoms with Crippen LogP contribution in [0.2, 0.25) is 0 Å². The summed E-state index contributed by atoms with van der Waals surface area (Å²) in [4.78, 5) is 15.8. The monoisotopic (exact) mass is 307 g/mol. The summed E-state index contributed by atoms with van der Waals surface area (Å²) in [5, 5.41) is 15.2. The summed E-state index contributed by atoms with van der Waals surface area (Å²) in [5.41, 5.74) is 5.29. The molecular formula is C15H13N7O. The minimum absolute atomic E-state index is 0.311. The van der Waals surface area contributed by atoms with Crippen LogP contribution in [0, 0.1) is 0 Å². The van der Waals surface area contributed by atoms with Gasteiger partial charge in [0.2, 0.25) is 0 Å². The quantitative estimate of drug-likeness (QED) is 0.577. The Morgan fingerprint density at radius 3 is 2.83 bits per heavy atom. The highest BCUT2D eigenvalue weighted by Gasteiger charge is 2.05. The smallest absolute Gasteiger partial charge is 0.267 e. The lowest BCUT2D eigenvalue weighted by molar-refractivity contribution is 0.0954. The second-order valence-corrected chi connectivity index (χ2v) is 4.68. The Morgan fingerprint density at radius 1 is 1.22 bits per heavy atom. The van der Waals surface area contributed by atoms with E-state index in [9.17, 15) is 4.79 Å². The number of pyridine rings is 1. The zero-order valence-electron chi connectivity index (χ0n) is 12.3. The van der Waals surface area contributed by atoms with Crippen molar-refractivity contribution in [1.29, 1.82) is 0 Å². The number of carbonyl (C=O) groups is 1. The molecule has 2 aromatic heterocycles. The predicted molar refractivity (Wildman–Crippen MR) is 83.1 cm³/mol. The second-order valence-electron chi connectivity index (χ2n) is 4.68. The van der Waals surface area contributed by atoms with E-state index in [1.54, 1.807) is 23.0 Å². The molecule has 23 heavy (non-hydrogen) atoms. The Bertz CT molecular complexity index is 828. The molecule has 0 fully saturated rings. The zero-order valence-corrected chi connectivity index (χ0v) is 12.3. The molecule has 2 heterocycles. The molecule has 0 spiro atoms. The highest BCUT2D eigenvalue weighted by Crippen LogP contribution is 2.09. The molecule has 3 rings (SSSR count). The molecule has 0 bridgehead atoms. The van der Waals surface area contributed by atoms with Gasteiger partial charge in [0.1, 0.15) is 6.33 Å². The molecule has 0 saturated carbocycles. The molecule has 8 nitrogen and oxygen atoms in total. The van der Waals surface area contributed by atoms with Crippen molar-refractivity contribution in [3.05, 3.63) is 66.2 Å². The van der Waals surface area contributed by atoms with E-state index in [0.717, 1.165) is 11.3 Å². The molecule has 8 heteroatoms. The number of aromatic nitrogens is 5.